The van der Waals surface area contributed by atoms with Gasteiger partial charge in [-0.05, 0) is 51.8 Å². The number of carbonyl (C=O) groups is 1. The van der Waals surface area contributed by atoms with Gasteiger partial charge in [0.05, 0.1) is 0 Å². The van der Waals surface area contributed by atoms with Crippen LogP contribution in [0.2, 0.25) is 0 Å². The highest BCUT2D eigenvalue weighted by Gasteiger charge is 2.28. The molecule has 1 amide bonds. The van der Waals surface area contributed by atoms with Gasteiger partial charge in [-0.1, -0.05) is 0 Å². The number of pyridine rings is 1. The number of piperidine rings is 1. The number of amides is 1. The fraction of sp³-hybridized carbons (Fsp3) is 0.476. The quantitative estimate of drug-likeness (QED) is 0.665. The van der Waals surface area contributed by atoms with Crippen LogP contribution in [0.3, 0.4) is 0 Å². The Morgan fingerprint density at radius 1 is 1.14 bits per heavy atom. The molecule has 1 aliphatic heterocycles. The highest BCUT2D eigenvalue weighted by Crippen LogP contribution is 2.28. The summed E-state index contributed by atoms with van der Waals surface area (Å²) in [6, 6.07) is 5.65. The first-order valence-electron chi connectivity index (χ1n) is 10.2. The molecule has 0 radical (unpaired) electrons. The van der Waals surface area contributed by atoms with E-state index in [1.807, 2.05) is 47.8 Å². The van der Waals surface area contributed by atoms with Gasteiger partial charge in [0.15, 0.2) is 5.82 Å². The Morgan fingerprint density at radius 2 is 1.86 bits per heavy atom. The number of likely N-dealkylation sites (tertiary alicyclic amines) is 1. The highest BCUT2D eigenvalue weighted by atomic mass is 16.2. The van der Waals surface area contributed by atoms with Crippen LogP contribution in [0.25, 0.3) is 0 Å². The Hall–Kier alpha value is -3.03. The summed E-state index contributed by atoms with van der Waals surface area (Å²) in [6.45, 7) is 8.87. The van der Waals surface area contributed by atoms with Gasteiger partial charge in [0.1, 0.15) is 12.4 Å². The van der Waals surface area contributed by atoms with Crippen molar-refractivity contribution in [1.29, 1.82) is 0 Å². The van der Waals surface area contributed by atoms with E-state index >= 15 is 0 Å². The zero-order valence-electron chi connectivity index (χ0n) is 17.2. The van der Waals surface area contributed by atoms with E-state index in [4.69, 9.17) is 0 Å². The van der Waals surface area contributed by atoms with E-state index < -0.39 is 0 Å². The minimum atomic E-state index is 0.0911. The predicted octanol–water partition coefficient (Wildman–Crippen LogP) is 2.57. The van der Waals surface area contributed by atoms with E-state index in [2.05, 4.69) is 31.8 Å². The molecule has 8 heteroatoms. The lowest BCUT2D eigenvalue weighted by atomic mass is 9.95. The van der Waals surface area contributed by atoms with Crippen molar-refractivity contribution in [2.75, 3.05) is 13.1 Å². The number of nitrogens with zero attached hydrogens (tertiary/aromatic N) is 7. The second kappa shape index (κ2) is 8.14. The summed E-state index contributed by atoms with van der Waals surface area (Å²) in [6.07, 6.45) is 5.50. The van der Waals surface area contributed by atoms with Gasteiger partial charge in [-0.25, -0.2) is 0 Å². The fourth-order valence-electron chi connectivity index (χ4n) is 4.13. The molecule has 1 fully saturated rings. The van der Waals surface area contributed by atoms with Crippen LogP contribution in [0.1, 0.15) is 59.1 Å². The van der Waals surface area contributed by atoms with Crippen LogP contribution in [0.15, 0.2) is 30.6 Å². The van der Waals surface area contributed by atoms with E-state index in [0.717, 1.165) is 61.1 Å². The van der Waals surface area contributed by atoms with Crippen LogP contribution < -0.4 is 0 Å². The first-order chi connectivity index (χ1) is 14.0. The summed E-state index contributed by atoms with van der Waals surface area (Å²) in [5, 5.41) is 13.2. The first-order valence-corrected chi connectivity index (χ1v) is 10.2. The lowest BCUT2D eigenvalue weighted by Gasteiger charge is -2.32. The van der Waals surface area contributed by atoms with Gasteiger partial charge in [0, 0.05) is 54.9 Å². The van der Waals surface area contributed by atoms with Crippen molar-refractivity contribution in [3.05, 3.63) is 59.2 Å². The zero-order chi connectivity index (χ0) is 20.4. The van der Waals surface area contributed by atoms with Gasteiger partial charge >= 0.3 is 0 Å². The van der Waals surface area contributed by atoms with E-state index in [1.54, 1.807) is 6.20 Å². The largest absolute Gasteiger partial charge is 0.339 e. The molecule has 29 heavy (non-hydrogen) atoms. The number of hydrogen-bond donors (Lipinski definition) is 0. The minimum Gasteiger partial charge on any atom is -0.339 e. The van der Waals surface area contributed by atoms with E-state index in [9.17, 15) is 4.79 Å². The molecule has 0 aliphatic carbocycles. The van der Waals surface area contributed by atoms with Gasteiger partial charge in [-0.15, -0.1) is 10.2 Å². The van der Waals surface area contributed by atoms with Crippen molar-refractivity contribution >= 4 is 5.91 Å². The predicted molar refractivity (Wildman–Crippen MR) is 109 cm³/mol. The number of aromatic nitrogens is 6. The number of hydrogen-bond acceptors (Lipinski definition) is 5. The highest BCUT2D eigenvalue weighted by molar-refractivity contribution is 5.94. The van der Waals surface area contributed by atoms with Crippen LogP contribution >= 0.6 is 0 Å². The Labute approximate surface area is 170 Å². The second-order valence-corrected chi connectivity index (χ2v) is 7.63. The van der Waals surface area contributed by atoms with Gasteiger partial charge in [0.2, 0.25) is 0 Å². The third-order valence-electron chi connectivity index (χ3n) is 5.51. The van der Waals surface area contributed by atoms with Crippen LogP contribution in [0.4, 0.5) is 0 Å². The smallest absolute Gasteiger partial charge is 0.253 e. The van der Waals surface area contributed by atoms with Crippen LogP contribution in [0.5, 0.6) is 0 Å². The fourth-order valence-corrected chi connectivity index (χ4v) is 4.13. The topological polar surface area (TPSA) is 81.7 Å². The molecular formula is C21H27N7O. The van der Waals surface area contributed by atoms with Crippen LogP contribution in [-0.2, 0) is 13.1 Å². The monoisotopic (exact) mass is 393 g/mol. The summed E-state index contributed by atoms with van der Waals surface area (Å²) >= 11 is 0. The van der Waals surface area contributed by atoms with Crippen molar-refractivity contribution in [1.82, 2.24) is 34.4 Å². The second-order valence-electron chi connectivity index (χ2n) is 7.63. The van der Waals surface area contributed by atoms with Crippen LogP contribution in [0, 0.1) is 13.8 Å². The molecule has 0 N–H and O–H groups in total. The molecule has 0 spiro atoms. The van der Waals surface area contributed by atoms with Crippen molar-refractivity contribution in [3.63, 3.8) is 0 Å². The third kappa shape index (κ3) is 4.06. The summed E-state index contributed by atoms with van der Waals surface area (Å²) in [7, 11) is 0. The molecule has 152 valence electrons. The molecule has 3 aromatic heterocycles. The van der Waals surface area contributed by atoms with Gasteiger partial charge in [0.25, 0.3) is 5.91 Å². The molecule has 0 unspecified atom stereocenters. The molecule has 4 heterocycles. The Morgan fingerprint density at radius 3 is 2.48 bits per heavy atom. The summed E-state index contributed by atoms with van der Waals surface area (Å²) in [5.74, 6) is 2.36. The summed E-state index contributed by atoms with van der Waals surface area (Å²) < 4.78 is 4.05. The molecule has 0 saturated carbocycles. The molecule has 8 nitrogen and oxygen atoms in total. The average Bonchev–Trinajstić information content (AvgIpc) is 3.37. The zero-order valence-corrected chi connectivity index (χ0v) is 17.2. The average molecular weight is 393 g/mol. The van der Waals surface area contributed by atoms with E-state index in [0.29, 0.717) is 12.5 Å². The molecule has 1 aliphatic rings. The molecule has 0 atom stereocenters. The van der Waals surface area contributed by atoms with Crippen molar-refractivity contribution < 1.29 is 4.79 Å². The maximum Gasteiger partial charge on any atom is 0.253 e. The van der Waals surface area contributed by atoms with E-state index in [1.165, 1.54) is 0 Å². The van der Waals surface area contributed by atoms with Crippen molar-refractivity contribution in [2.24, 2.45) is 0 Å². The number of rotatable bonds is 5. The first kappa shape index (κ1) is 19.3. The number of aryl methyl sites for hydroxylation is 2. The number of carbonyl (C=O) groups excluding carboxylic acids is 1. The van der Waals surface area contributed by atoms with E-state index in [-0.39, 0.29) is 5.91 Å². The normalized spacial score (nSPS) is 15.1. The molecule has 4 rings (SSSR count). The SMILES string of the molecule is CCn1c(Cn2cccn2)nnc1C1CCN(C(=O)c2cc(C)nc(C)c2)CC1. The lowest BCUT2D eigenvalue weighted by molar-refractivity contribution is 0.0710. The summed E-state index contributed by atoms with van der Waals surface area (Å²) in [5.41, 5.74) is 2.49. The molecule has 0 aromatic carbocycles. The molecule has 3 aromatic rings. The standard InChI is InChI=1S/C21H27N7O/c1-4-28-19(14-27-9-5-8-22-27)24-25-20(28)17-6-10-26(11-7-17)21(29)18-12-15(2)23-16(3)13-18/h5,8-9,12-13,17H,4,6-7,10-11,14H2,1-3H3. The van der Waals surface area contributed by atoms with Gasteiger partial charge in [-0.2, -0.15) is 5.10 Å². The third-order valence-corrected chi connectivity index (χ3v) is 5.51. The molecular weight excluding hydrogens is 366 g/mol. The van der Waals surface area contributed by atoms with Gasteiger partial charge in [-0.3, -0.25) is 14.5 Å². The minimum absolute atomic E-state index is 0.0911. The van der Waals surface area contributed by atoms with Crippen molar-refractivity contribution in [3.8, 4) is 0 Å². The Bertz CT molecular complexity index is 964. The molecule has 0 bridgehead atoms. The van der Waals surface area contributed by atoms with Crippen LogP contribution in [-0.4, -0.2) is 53.4 Å². The lowest BCUT2D eigenvalue weighted by Crippen LogP contribution is -2.38. The van der Waals surface area contributed by atoms with Crippen molar-refractivity contribution in [2.45, 2.75) is 52.6 Å². The maximum atomic E-state index is 12.9. The molecule has 1 saturated heterocycles. The van der Waals surface area contributed by atoms with Gasteiger partial charge < -0.3 is 9.47 Å². The maximum absolute atomic E-state index is 12.9. The Kier molecular flexibility index (Phi) is 5.42. The summed E-state index contributed by atoms with van der Waals surface area (Å²) in [4.78, 5) is 19.2. The Balaban J connectivity index is 1.44.